The number of pyridine rings is 1. The molecule has 3 aliphatic rings. The topological polar surface area (TPSA) is 3.88 Å². The minimum atomic E-state index is -0.264. The van der Waals surface area contributed by atoms with Crippen LogP contribution in [0.4, 0.5) is 0 Å². The third-order valence-electron chi connectivity index (χ3n) is 8.20. The minimum Gasteiger partial charge on any atom is -0.191 e. The lowest BCUT2D eigenvalue weighted by molar-refractivity contribution is -0.694. The summed E-state index contributed by atoms with van der Waals surface area (Å²) in [6, 6.07) is 39.0. The van der Waals surface area contributed by atoms with E-state index in [1.165, 1.54) is 61.3 Å². The van der Waals surface area contributed by atoms with Crippen LogP contribution in [0.3, 0.4) is 0 Å². The van der Waals surface area contributed by atoms with Gasteiger partial charge in [0.15, 0.2) is 12.2 Å². The fourth-order valence-electron chi connectivity index (χ4n) is 6.89. The van der Waals surface area contributed by atoms with Gasteiger partial charge in [-0.05, 0) is 62.7 Å². The van der Waals surface area contributed by atoms with Crippen LogP contribution in [-0.4, -0.2) is 0 Å². The molecule has 0 saturated carbocycles. The number of benzene rings is 4. The zero-order chi connectivity index (χ0) is 21.7. The van der Waals surface area contributed by atoms with Crippen LogP contribution in [0.25, 0.3) is 33.5 Å². The summed E-state index contributed by atoms with van der Waals surface area (Å²) in [6.07, 6.45) is 2.22. The molecule has 2 aliphatic carbocycles. The molecule has 1 aromatic heterocycles. The molecule has 0 N–H and O–H groups in total. The third kappa shape index (κ3) is 1.90. The number of nitrogens with zero attached hydrogens (tertiary/aromatic N) is 1. The molecule has 0 amide bonds. The highest BCUT2D eigenvalue weighted by atomic mass is 15.0. The lowest BCUT2D eigenvalue weighted by Crippen LogP contribution is -2.35. The van der Waals surface area contributed by atoms with Crippen molar-refractivity contribution >= 4 is 0 Å². The highest BCUT2D eigenvalue weighted by molar-refractivity contribution is 5.96. The van der Waals surface area contributed by atoms with Gasteiger partial charge < -0.3 is 0 Å². The van der Waals surface area contributed by atoms with Crippen molar-refractivity contribution in [3.05, 3.63) is 137 Å². The van der Waals surface area contributed by atoms with E-state index in [1.54, 1.807) is 0 Å². The van der Waals surface area contributed by atoms with E-state index in [1.807, 2.05) is 0 Å². The first-order valence-corrected chi connectivity index (χ1v) is 11.8. The average molecular weight is 421 g/mol. The normalized spacial score (nSPS) is 17.2. The molecule has 1 nitrogen and oxygen atoms in total. The highest BCUT2D eigenvalue weighted by Gasteiger charge is 2.52. The Hall–Kier alpha value is -3.97. The molecule has 33 heavy (non-hydrogen) atoms. The van der Waals surface area contributed by atoms with Crippen LogP contribution in [0.1, 0.15) is 40.8 Å². The molecule has 0 saturated heterocycles. The summed E-state index contributed by atoms with van der Waals surface area (Å²) in [5.41, 5.74) is 15.0. The predicted molar refractivity (Wildman–Crippen MR) is 132 cm³/mol. The Bertz CT molecular complexity index is 1600. The number of rotatable bonds is 0. The third-order valence-corrected chi connectivity index (χ3v) is 8.20. The van der Waals surface area contributed by atoms with Gasteiger partial charge in [0.1, 0.15) is 0 Å². The minimum absolute atomic E-state index is 0.264. The number of aromatic nitrogens is 1. The Morgan fingerprint density at radius 1 is 0.545 bits per heavy atom. The Labute approximate surface area is 193 Å². The SMILES string of the molecule is C[C@@H]1c2cc3c(cc2-c2cccc[n+]21)C1(c2ccccc2-c2ccccc21)c1ccccc1-3. The number of hydrogen-bond acceptors (Lipinski definition) is 0. The lowest BCUT2D eigenvalue weighted by Gasteiger charge is -2.30. The van der Waals surface area contributed by atoms with E-state index in [0.29, 0.717) is 6.04 Å². The van der Waals surface area contributed by atoms with Gasteiger partial charge in [-0.2, -0.15) is 4.57 Å². The van der Waals surface area contributed by atoms with Crippen LogP contribution < -0.4 is 4.57 Å². The molecule has 5 aromatic rings. The van der Waals surface area contributed by atoms with Crippen molar-refractivity contribution < 1.29 is 4.57 Å². The van der Waals surface area contributed by atoms with Crippen molar-refractivity contribution in [2.24, 2.45) is 0 Å². The van der Waals surface area contributed by atoms with Gasteiger partial charge in [0.2, 0.25) is 5.69 Å². The number of hydrogen-bond donors (Lipinski definition) is 0. The second-order valence-electron chi connectivity index (χ2n) is 9.54. The predicted octanol–water partition coefficient (Wildman–Crippen LogP) is 6.91. The Balaban J connectivity index is 1.56. The summed E-state index contributed by atoms with van der Waals surface area (Å²) in [5, 5.41) is 0. The van der Waals surface area contributed by atoms with Crippen LogP contribution in [0.15, 0.2) is 109 Å². The monoisotopic (exact) mass is 420 g/mol. The molecule has 8 rings (SSSR count). The molecule has 154 valence electrons. The Kier molecular flexibility index (Phi) is 3.13. The molecule has 1 spiro atoms. The van der Waals surface area contributed by atoms with Crippen molar-refractivity contribution in [2.75, 3.05) is 0 Å². The molecular formula is C32H22N+. The molecule has 1 aliphatic heterocycles. The van der Waals surface area contributed by atoms with Crippen LogP contribution in [0.5, 0.6) is 0 Å². The largest absolute Gasteiger partial charge is 0.213 e. The second-order valence-corrected chi connectivity index (χ2v) is 9.54. The van der Waals surface area contributed by atoms with Crippen LogP contribution in [0.2, 0.25) is 0 Å². The molecule has 0 bridgehead atoms. The van der Waals surface area contributed by atoms with Crippen molar-refractivity contribution in [3.8, 4) is 33.5 Å². The quantitative estimate of drug-likeness (QED) is 0.235. The van der Waals surface area contributed by atoms with E-state index in [0.717, 1.165) is 0 Å². The molecular weight excluding hydrogens is 398 g/mol. The fraction of sp³-hybridized carbons (Fsp3) is 0.0938. The van der Waals surface area contributed by atoms with Crippen LogP contribution in [0, 0.1) is 0 Å². The first kappa shape index (κ1) is 17.6. The van der Waals surface area contributed by atoms with E-state index in [9.17, 15) is 0 Å². The van der Waals surface area contributed by atoms with Crippen LogP contribution in [-0.2, 0) is 5.41 Å². The standard InChI is InChI=1S/C32H22N/c1-20-24-18-25-23-12-4-7-15-29(23)32(30(25)19-26(24)31-16-8-9-17-33(20)31)27-13-5-2-10-21(27)22-11-3-6-14-28(22)32/h2-20H,1H3/q+1/t20-/m1/s1. The van der Waals surface area contributed by atoms with E-state index < -0.39 is 0 Å². The zero-order valence-corrected chi connectivity index (χ0v) is 18.4. The average Bonchev–Trinajstić information content (AvgIpc) is 3.45. The van der Waals surface area contributed by atoms with E-state index in [2.05, 4.69) is 121 Å². The smallest absolute Gasteiger partial charge is 0.191 e. The van der Waals surface area contributed by atoms with E-state index in [4.69, 9.17) is 0 Å². The zero-order valence-electron chi connectivity index (χ0n) is 18.4. The maximum atomic E-state index is 2.51. The summed E-state index contributed by atoms with van der Waals surface area (Å²) in [4.78, 5) is 0. The fourth-order valence-corrected chi connectivity index (χ4v) is 6.89. The van der Waals surface area contributed by atoms with Crippen molar-refractivity contribution in [1.29, 1.82) is 0 Å². The molecule has 2 heterocycles. The van der Waals surface area contributed by atoms with Gasteiger partial charge in [0, 0.05) is 24.6 Å². The summed E-state index contributed by atoms with van der Waals surface area (Å²) >= 11 is 0. The van der Waals surface area contributed by atoms with E-state index in [-0.39, 0.29) is 5.41 Å². The maximum absolute atomic E-state index is 2.51. The van der Waals surface area contributed by atoms with Crippen LogP contribution >= 0.6 is 0 Å². The summed E-state index contributed by atoms with van der Waals surface area (Å²) < 4.78 is 2.41. The van der Waals surface area contributed by atoms with Gasteiger partial charge in [0.25, 0.3) is 0 Å². The first-order chi connectivity index (χ1) is 16.3. The second kappa shape index (κ2) is 5.88. The van der Waals surface area contributed by atoms with Gasteiger partial charge >= 0.3 is 0 Å². The molecule has 0 radical (unpaired) electrons. The molecule has 0 fully saturated rings. The van der Waals surface area contributed by atoms with Gasteiger partial charge in [0.05, 0.1) is 11.0 Å². The number of fused-ring (bicyclic) bond motifs is 13. The summed E-state index contributed by atoms with van der Waals surface area (Å²) in [6.45, 7) is 2.32. The Morgan fingerprint density at radius 2 is 1.09 bits per heavy atom. The van der Waals surface area contributed by atoms with Gasteiger partial charge in [-0.25, -0.2) is 0 Å². The van der Waals surface area contributed by atoms with Gasteiger partial charge in [-0.3, -0.25) is 0 Å². The van der Waals surface area contributed by atoms with Gasteiger partial charge in [-0.1, -0.05) is 72.8 Å². The molecule has 4 aromatic carbocycles. The van der Waals surface area contributed by atoms with E-state index >= 15 is 0 Å². The lowest BCUT2D eigenvalue weighted by atomic mass is 9.70. The molecule has 1 atom stereocenters. The van der Waals surface area contributed by atoms with Gasteiger partial charge in [-0.15, -0.1) is 0 Å². The molecule has 0 unspecified atom stereocenters. The maximum Gasteiger partial charge on any atom is 0.213 e. The Morgan fingerprint density at radius 3 is 1.73 bits per heavy atom. The first-order valence-electron chi connectivity index (χ1n) is 11.8. The summed E-state index contributed by atoms with van der Waals surface area (Å²) in [5.74, 6) is 0. The van der Waals surface area contributed by atoms with Crippen molar-refractivity contribution in [2.45, 2.75) is 18.4 Å². The summed E-state index contributed by atoms with van der Waals surface area (Å²) in [7, 11) is 0. The van der Waals surface area contributed by atoms with Crippen molar-refractivity contribution in [1.82, 2.24) is 0 Å². The van der Waals surface area contributed by atoms with Crippen molar-refractivity contribution in [3.63, 3.8) is 0 Å². The molecule has 1 heteroatoms. The highest BCUT2D eigenvalue weighted by Crippen LogP contribution is 2.63.